The summed E-state index contributed by atoms with van der Waals surface area (Å²) in [6.45, 7) is 15.6. The Morgan fingerprint density at radius 2 is 0.938 bits per heavy atom. The largest absolute Gasteiger partial charge is 0.288 e. The molecule has 0 radical (unpaired) electrons. The Hall–Kier alpha value is -5.74. The Morgan fingerprint density at radius 3 is 1.29 bits per heavy atom. The highest BCUT2D eigenvalue weighted by Gasteiger charge is 2.08. The van der Waals surface area contributed by atoms with E-state index in [2.05, 4.69) is 159 Å². The zero-order chi connectivity index (χ0) is 33.7. The first kappa shape index (κ1) is 33.6. The van der Waals surface area contributed by atoms with E-state index in [4.69, 9.17) is 9.98 Å². The van der Waals surface area contributed by atoms with E-state index in [1.54, 1.807) is 0 Å². The van der Waals surface area contributed by atoms with E-state index in [0.29, 0.717) is 13.1 Å². The normalized spacial score (nSPS) is 12.1. The van der Waals surface area contributed by atoms with Gasteiger partial charge in [-0.2, -0.15) is 9.13 Å². The molecule has 0 aliphatic carbocycles. The van der Waals surface area contributed by atoms with E-state index in [9.17, 15) is 0 Å². The van der Waals surface area contributed by atoms with E-state index in [1.807, 2.05) is 36.7 Å². The summed E-state index contributed by atoms with van der Waals surface area (Å²) in [6, 6.07) is 32.1. The van der Waals surface area contributed by atoms with Crippen molar-refractivity contribution in [2.45, 2.75) is 40.3 Å². The standard InChI is InChI=1S/C44H44N4/c1-6-36-29-37(32-45-23-17-39(7-2)41-19-25-47(26-20-41)43-13-9-34(4)10-14-43)31-38(30-36)33-46-24-18-40(8-3)42-21-27-48(28-22-42)44-15-11-35(5)12-16-44/h7-31H,2-3,6,32-33H2,1,4-5H3/q+2/b39-17+,40-18+,45-23?,46-24?. The number of nitrogens with zero attached hydrogens (tertiary/aromatic N) is 4. The predicted molar refractivity (Wildman–Crippen MR) is 202 cm³/mol. The van der Waals surface area contributed by atoms with Crippen LogP contribution in [0.4, 0.5) is 0 Å². The number of aromatic nitrogens is 2. The minimum Gasteiger partial charge on any atom is -0.288 e. The van der Waals surface area contributed by atoms with Crippen LogP contribution in [0.5, 0.6) is 0 Å². The molecule has 0 atom stereocenters. The van der Waals surface area contributed by atoms with Crippen molar-refractivity contribution in [3.8, 4) is 11.4 Å². The van der Waals surface area contributed by atoms with Gasteiger partial charge in [0.15, 0.2) is 24.8 Å². The lowest BCUT2D eigenvalue weighted by molar-refractivity contribution is -0.596. The summed E-state index contributed by atoms with van der Waals surface area (Å²) in [5, 5.41) is 0. The fourth-order valence-electron chi connectivity index (χ4n) is 5.39. The second-order valence-corrected chi connectivity index (χ2v) is 11.8. The quantitative estimate of drug-likeness (QED) is 0.0708. The zero-order valence-corrected chi connectivity index (χ0v) is 28.3. The maximum Gasteiger partial charge on any atom is 0.210 e. The topological polar surface area (TPSA) is 32.5 Å². The van der Waals surface area contributed by atoms with E-state index in [0.717, 1.165) is 40.1 Å². The fourth-order valence-corrected chi connectivity index (χ4v) is 5.39. The first-order chi connectivity index (χ1) is 23.4. The third-order valence-corrected chi connectivity index (χ3v) is 8.22. The van der Waals surface area contributed by atoms with Crippen LogP contribution >= 0.6 is 0 Å². The van der Waals surface area contributed by atoms with Gasteiger partial charge >= 0.3 is 0 Å². The van der Waals surface area contributed by atoms with Crippen LogP contribution in [0.3, 0.4) is 0 Å². The van der Waals surface area contributed by atoms with Crippen LogP contribution in [0.2, 0.25) is 0 Å². The third kappa shape index (κ3) is 9.17. The van der Waals surface area contributed by atoms with Gasteiger partial charge in [0.05, 0.1) is 13.1 Å². The van der Waals surface area contributed by atoms with Crippen LogP contribution in [-0.2, 0) is 19.5 Å². The number of aryl methyl sites for hydroxylation is 3. The van der Waals surface area contributed by atoms with Crippen molar-refractivity contribution >= 4 is 23.6 Å². The molecule has 0 saturated heterocycles. The molecule has 0 amide bonds. The Morgan fingerprint density at radius 1 is 0.562 bits per heavy atom. The number of rotatable bonds is 13. The van der Waals surface area contributed by atoms with E-state index in [1.165, 1.54) is 27.8 Å². The molecule has 4 nitrogen and oxygen atoms in total. The molecule has 238 valence electrons. The summed E-state index contributed by atoms with van der Waals surface area (Å²) in [5.41, 5.74) is 12.7. The molecule has 0 N–H and O–H groups in total. The number of pyridine rings is 2. The van der Waals surface area contributed by atoms with E-state index >= 15 is 0 Å². The van der Waals surface area contributed by atoms with Crippen molar-refractivity contribution < 1.29 is 9.13 Å². The molecular formula is C44H44N4+2. The second-order valence-electron chi connectivity index (χ2n) is 11.8. The zero-order valence-electron chi connectivity index (χ0n) is 28.3. The number of hydrogen-bond donors (Lipinski definition) is 0. The summed E-state index contributed by atoms with van der Waals surface area (Å²) < 4.78 is 4.22. The molecule has 4 heteroatoms. The lowest BCUT2D eigenvalue weighted by Crippen LogP contribution is -2.29. The molecule has 0 saturated carbocycles. The number of benzene rings is 3. The van der Waals surface area contributed by atoms with Crippen molar-refractivity contribution in [3.05, 3.63) is 192 Å². The van der Waals surface area contributed by atoms with Crippen LogP contribution in [0, 0.1) is 13.8 Å². The predicted octanol–water partition coefficient (Wildman–Crippen LogP) is 9.10. The highest BCUT2D eigenvalue weighted by molar-refractivity contribution is 5.88. The minimum absolute atomic E-state index is 0.602. The number of allylic oxidation sites excluding steroid dienone is 6. The average molecular weight is 629 g/mol. The molecule has 0 aliphatic heterocycles. The first-order valence-electron chi connectivity index (χ1n) is 16.4. The van der Waals surface area contributed by atoms with Crippen molar-refractivity contribution in [1.29, 1.82) is 0 Å². The number of aliphatic imine (C=N–C) groups is 2. The molecule has 5 aromatic rings. The van der Waals surface area contributed by atoms with Crippen molar-refractivity contribution in [2.24, 2.45) is 9.98 Å². The van der Waals surface area contributed by atoms with E-state index < -0.39 is 0 Å². The SMILES string of the molecule is C=C/C(=C\C=NCc1cc(CC)cc(CN=C/C=C(\C=C)c2cc[n+](-c3ccc(C)cc3)cc2)c1)c1cc[n+](-c2ccc(C)cc2)cc1. The lowest BCUT2D eigenvalue weighted by Gasteiger charge is -2.06. The van der Waals surface area contributed by atoms with Crippen molar-refractivity contribution in [2.75, 3.05) is 0 Å². The molecule has 0 spiro atoms. The summed E-state index contributed by atoms with van der Waals surface area (Å²) >= 11 is 0. The lowest BCUT2D eigenvalue weighted by atomic mass is 10.0. The van der Waals surface area contributed by atoms with Crippen LogP contribution in [0.1, 0.15) is 45.9 Å². The Kier molecular flexibility index (Phi) is 11.7. The number of hydrogen-bond acceptors (Lipinski definition) is 2. The maximum atomic E-state index is 4.72. The van der Waals surface area contributed by atoms with Gasteiger partial charge in [0, 0.05) is 61.0 Å². The monoisotopic (exact) mass is 628 g/mol. The smallest absolute Gasteiger partial charge is 0.210 e. The molecule has 5 rings (SSSR count). The molecule has 0 unspecified atom stereocenters. The second kappa shape index (κ2) is 16.7. The van der Waals surface area contributed by atoms with Crippen LogP contribution in [-0.4, -0.2) is 12.4 Å². The molecule has 3 aromatic carbocycles. The molecule has 0 bridgehead atoms. The van der Waals surface area contributed by atoms with Gasteiger partial charge in [0.25, 0.3) is 0 Å². The fraction of sp³-hybridized carbons (Fsp3) is 0.136. The van der Waals surface area contributed by atoms with Crippen LogP contribution < -0.4 is 9.13 Å². The van der Waals surface area contributed by atoms with Crippen molar-refractivity contribution in [3.63, 3.8) is 0 Å². The van der Waals surface area contributed by atoms with Gasteiger partial charge < -0.3 is 0 Å². The summed E-state index contributed by atoms with van der Waals surface area (Å²) in [5.74, 6) is 0. The average Bonchev–Trinajstić information content (AvgIpc) is 3.12. The van der Waals surface area contributed by atoms with Gasteiger partial charge in [-0.1, -0.05) is 85.8 Å². The summed E-state index contributed by atoms with van der Waals surface area (Å²) in [4.78, 5) is 9.45. The highest BCUT2D eigenvalue weighted by Crippen LogP contribution is 2.17. The first-order valence-corrected chi connectivity index (χ1v) is 16.4. The van der Waals surface area contributed by atoms with Crippen molar-refractivity contribution in [1.82, 2.24) is 0 Å². The summed E-state index contributed by atoms with van der Waals surface area (Å²) in [7, 11) is 0. The maximum absolute atomic E-state index is 4.72. The van der Waals surface area contributed by atoms with Gasteiger partial charge in [0.2, 0.25) is 11.4 Å². The molecule has 0 aliphatic rings. The van der Waals surface area contributed by atoms with Gasteiger partial charge in [-0.25, -0.2) is 0 Å². The molecule has 0 fully saturated rings. The highest BCUT2D eigenvalue weighted by atomic mass is 14.9. The van der Waals surface area contributed by atoms with Gasteiger partial charge in [-0.15, -0.1) is 0 Å². The Balaban J connectivity index is 1.21. The van der Waals surface area contributed by atoms with Gasteiger partial charge in [-0.05, 0) is 71.4 Å². The summed E-state index contributed by atoms with van der Waals surface area (Å²) in [6.07, 6.45) is 20.8. The third-order valence-electron chi connectivity index (χ3n) is 8.22. The Bertz CT molecular complexity index is 1820. The molecule has 2 heterocycles. The van der Waals surface area contributed by atoms with Crippen LogP contribution in [0.15, 0.2) is 163 Å². The Labute approximate surface area is 285 Å². The van der Waals surface area contributed by atoms with Gasteiger partial charge in [-0.3, -0.25) is 9.98 Å². The minimum atomic E-state index is 0.602. The van der Waals surface area contributed by atoms with Crippen LogP contribution in [0.25, 0.3) is 22.5 Å². The molecule has 2 aromatic heterocycles. The van der Waals surface area contributed by atoms with E-state index in [-0.39, 0.29) is 0 Å². The van der Waals surface area contributed by atoms with Gasteiger partial charge in [0.1, 0.15) is 0 Å². The molecular weight excluding hydrogens is 585 g/mol. The molecule has 48 heavy (non-hydrogen) atoms.